The topological polar surface area (TPSA) is 26.3 Å². The first kappa shape index (κ1) is 24.3. The molecule has 0 radical (unpaired) electrons. The molecule has 0 aliphatic heterocycles. The van der Waals surface area contributed by atoms with E-state index in [-0.39, 0.29) is 22.7 Å². The molecule has 0 N–H and O–H groups in total. The monoisotopic (exact) mass is 408 g/mol. The maximum atomic E-state index is 13.4. The molecule has 2 rings (SSSR count). The van der Waals surface area contributed by atoms with Gasteiger partial charge in [-0.05, 0) is 32.8 Å². The average Bonchev–Trinajstić information content (AvgIpc) is 2.80. The van der Waals surface area contributed by atoms with Gasteiger partial charge >= 0.3 is 0 Å². The molecule has 0 saturated heterocycles. The largest absolute Gasteiger partial charge is 0.364 e. The van der Waals surface area contributed by atoms with Gasteiger partial charge in [0.05, 0.1) is 6.10 Å². The van der Waals surface area contributed by atoms with E-state index in [4.69, 9.17) is 4.74 Å². The molecule has 0 heterocycles. The van der Waals surface area contributed by atoms with E-state index in [1.807, 2.05) is 24.3 Å². The van der Waals surface area contributed by atoms with Crippen molar-refractivity contribution in [3.8, 4) is 0 Å². The van der Waals surface area contributed by atoms with E-state index in [2.05, 4.69) is 85.8 Å². The van der Waals surface area contributed by atoms with Crippen molar-refractivity contribution in [3.63, 3.8) is 0 Å². The van der Waals surface area contributed by atoms with Crippen molar-refractivity contribution >= 4 is 5.78 Å². The first-order valence-electron chi connectivity index (χ1n) is 11.3. The van der Waals surface area contributed by atoms with E-state index < -0.39 is 5.60 Å². The quantitative estimate of drug-likeness (QED) is 0.409. The Balaban J connectivity index is 2.39. The van der Waals surface area contributed by atoms with Crippen LogP contribution < -0.4 is 0 Å². The SMILES string of the molecule is CCCC(CC)OC1(C)/C=C\C(C(=O)C2=CC=C(C)C(C)(C)C=C2)=C/C(C)(C)/C=C\1. The lowest BCUT2D eigenvalue weighted by Crippen LogP contribution is -2.31. The van der Waals surface area contributed by atoms with Crippen molar-refractivity contribution in [2.45, 2.75) is 86.4 Å². The van der Waals surface area contributed by atoms with Crippen molar-refractivity contribution < 1.29 is 9.53 Å². The summed E-state index contributed by atoms with van der Waals surface area (Å²) >= 11 is 0. The zero-order chi connectivity index (χ0) is 22.6. The molecule has 30 heavy (non-hydrogen) atoms. The number of carbonyl (C=O) groups excluding carboxylic acids is 1. The third-order valence-corrected chi connectivity index (χ3v) is 6.18. The fourth-order valence-electron chi connectivity index (χ4n) is 3.67. The number of ketones is 1. The molecule has 0 fully saturated rings. The summed E-state index contributed by atoms with van der Waals surface area (Å²) < 4.78 is 6.48. The van der Waals surface area contributed by atoms with Crippen molar-refractivity contribution in [3.05, 3.63) is 71.4 Å². The number of carbonyl (C=O) groups is 1. The van der Waals surface area contributed by atoms with Crippen LogP contribution in [0.4, 0.5) is 0 Å². The minimum Gasteiger partial charge on any atom is -0.364 e. The average molecular weight is 409 g/mol. The number of allylic oxidation sites excluding steroid dienone is 10. The summed E-state index contributed by atoms with van der Waals surface area (Å²) in [5, 5.41) is 0. The summed E-state index contributed by atoms with van der Waals surface area (Å²) in [6.07, 6.45) is 21.8. The Kier molecular flexibility index (Phi) is 7.69. The Morgan fingerprint density at radius 1 is 0.933 bits per heavy atom. The lowest BCUT2D eigenvalue weighted by Gasteiger charge is -2.31. The predicted octanol–water partition coefficient (Wildman–Crippen LogP) is 7.46. The van der Waals surface area contributed by atoms with Gasteiger partial charge in [-0.25, -0.2) is 0 Å². The molecule has 0 saturated carbocycles. The zero-order valence-electron chi connectivity index (χ0n) is 20.2. The maximum absolute atomic E-state index is 13.4. The normalized spacial score (nSPS) is 29.9. The van der Waals surface area contributed by atoms with Gasteiger partial charge in [-0.1, -0.05) is 102 Å². The van der Waals surface area contributed by atoms with E-state index in [1.165, 1.54) is 5.57 Å². The molecule has 2 unspecified atom stereocenters. The van der Waals surface area contributed by atoms with Crippen LogP contribution in [0.15, 0.2) is 71.4 Å². The third kappa shape index (κ3) is 6.28. The van der Waals surface area contributed by atoms with Gasteiger partial charge in [0.15, 0.2) is 5.78 Å². The molecule has 2 aliphatic carbocycles. The van der Waals surface area contributed by atoms with Crippen LogP contribution in [0.25, 0.3) is 0 Å². The first-order valence-corrected chi connectivity index (χ1v) is 11.3. The number of Topliss-reactive ketones (excluding diaryl/α,β-unsaturated/α-hetero) is 1. The van der Waals surface area contributed by atoms with Gasteiger partial charge in [0.2, 0.25) is 0 Å². The highest BCUT2D eigenvalue weighted by Crippen LogP contribution is 2.33. The van der Waals surface area contributed by atoms with Crippen LogP contribution in [0.1, 0.15) is 74.7 Å². The minimum atomic E-state index is -0.529. The predicted molar refractivity (Wildman–Crippen MR) is 128 cm³/mol. The van der Waals surface area contributed by atoms with Crippen LogP contribution in [-0.2, 0) is 9.53 Å². The van der Waals surface area contributed by atoms with E-state index in [0.717, 1.165) is 24.8 Å². The molecule has 164 valence electrons. The van der Waals surface area contributed by atoms with Crippen molar-refractivity contribution in [2.75, 3.05) is 0 Å². The highest BCUT2D eigenvalue weighted by molar-refractivity contribution is 6.12. The standard InChI is InChI=1S/C28H40O2/c1-9-11-24(10-2)30-28(8)17-15-23(20-26(4,5)18-19-28)25(29)22-13-12-21(3)27(6,7)16-14-22/h12-20,24H,9-11H2,1-8H3/b17-15-,19-18-,23-20+. The van der Waals surface area contributed by atoms with Gasteiger partial charge in [-0.2, -0.15) is 0 Å². The lowest BCUT2D eigenvalue weighted by molar-refractivity contribution is -0.111. The van der Waals surface area contributed by atoms with Crippen LogP contribution in [0, 0.1) is 10.8 Å². The van der Waals surface area contributed by atoms with Gasteiger partial charge < -0.3 is 4.74 Å². The molecule has 0 amide bonds. The van der Waals surface area contributed by atoms with E-state index >= 15 is 0 Å². The number of hydrogen-bond donors (Lipinski definition) is 0. The van der Waals surface area contributed by atoms with Gasteiger partial charge in [-0.15, -0.1) is 0 Å². The molecular formula is C28H40O2. The molecule has 2 nitrogen and oxygen atoms in total. The molecule has 0 spiro atoms. The fourth-order valence-corrected chi connectivity index (χ4v) is 3.67. The van der Waals surface area contributed by atoms with Crippen LogP contribution >= 0.6 is 0 Å². The van der Waals surface area contributed by atoms with Gasteiger partial charge in [0, 0.05) is 22.0 Å². The molecule has 0 aromatic carbocycles. The Labute approximate surface area is 184 Å². The van der Waals surface area contributed by atoms with Crippen LogP contribution in [0.3, 0.4) is 0 Å². The summed E-state index contributed by atoms with van der Waals surface area (Å²) in [5.74, 6) is 0.0515. The zero-order valence-corrected chi connectivity index (χ0v) is 20.2. The molecular weight excluding hydrogens is 368 g/mol. The maximum Gasteiger partial charge on any atom is 0.192 e. The second-order valence-corrected chi connectivity index (χ2v) is 10.1. The van der Waals surface area contributed by atoms with E-state index in [0.29, 0.717) is 5.57 Å². The fraction of sp³-hybridized carbons (Fsp3) is 0.536. The Bertz CT molecular complexity index is 827. The van der Waals surface area contributed by atoms with Gasteiger partial charge in [0.25, 0.3) is 0 Å². The summed E-state index contributed by atoms with van der Waals surface area (Å²) in [6, 6.07) is 0. The number of hydrogen-bond acceptors (Lipinski definition) is 2. The molecule has 2 heteroatoms. The smallest absolute Gasteiger partial charge is 0.192 e. The summed E-state index contributed by atoms with van der Waals surface area (Å²) in [6.45, 7) is 17.1. The van der Waals surface area contributed by atoms with E-state index in [1.54, 1.807) is 0 Å². The minimum absolute atomic E-state index is 0.0491. The van der Waals surface area contributed by atoms with Crippen LogP contribution in [0.2, 0.25) is 0 Å². The third-order valence-electron chi connectivity index (χ3n) is 6.18. The summed E-state index contributed by atoms with van der Waals surface area (Å²) in [4.78, 5) is 13.4. The molecule has 2 atom stereocenters. The summed E-state index contributed by atoms with van der Waals surface area (Å²) in [7, 11) is 0. The molecule has 0 aromatic rings. The number of ether oxygens (including phenoxy) is 1. The van der Waals surface area contributed by atoms with Crippen LogP contribution in [0.5, 0.6) is 0 Å². The van der Waals surface area contributed by atoms with Crippen molar-refractivity contribution in [2.24, 2.45) is 10.8 Å². The van der Waals surface area contributed by atoms with Gasteiger partial charge in [-0.3, -0.25) is 4.79 Å². The summed E-state index contributed by atoms with van der Waals surface area (Å²) in [5.41, 5.74) is 1.86. The van der Waals surface area contributed by atoms with Crippen molar-refractivity contribution in [1.82, 2.24) is 0 Å². The molecule has 0 aromatic heterocycles. The molecule has 2 aliphatic rings. The lowest BCUT2D eigenvalue weighted by atomic mass is 9.83. The van der Waals surface area contributed by atoms with Crippen LogP contribution in [-0.4, -0.2) is 17.5 Å². The molecule has 0 bridgehead atoms. The number of rotatable bonds is 7. The Morgan fingerprint density at radius 3 is 2.23 bits per heavy atom. The van der Waals surface area contributed by atoms with Gasteiger partial charge in [0.1, 0.15) is 5.60 Å². The first-order chi connectivity index (χ1) is 13.9. The second-order valence-electron chi connectivity index (χ2n) is 10.1. The highest BCUT2D eigenvalue weighted by atomic mass is 16.5. The highest BCUT2D eigenvalue weighted by Gasteiger charge is 2.27. The van der Waals surface area contributed by atoms with E-state index in [9.17, 15) is 4.79 Å². The second kappa shape index (κ2) is 9.47. The Hall–Kier alpha value is -1.93. The van der Waals surface area contributed by atoms with Crippen molar-refractivity contribution in [1.29, 1.82) is 0 Å². The Morgan fingerprint density at radius 2 is 1.60 bits per heavy atom.